The molecule has 0 fully saturated rings. The Morgan fingerprint density at radius 3 is 2.67 bits per heavy atom. The number of aryl methyl sites for hydroxylation is 2. The molecule has 0 atom stereocenters. The van der Waals surface area contributed by atoms with Crippen molar-refractivity contribution in [1.29, 1.82) is 0 Å². The smallest absolute Gasteiger partial charge is 0.303 e. The van der Waals surface area contributed by atoms with E-state index >= 15 is 0 Å². The van der Waals surface area contributed by atoms with Gasteiger partial charge in [0, 0.05) is 6.42 Å². The van der Waals surface area contributed by atoms with Gasteiger partial charge in [-0.05, 0) is 19.3 Å². The molecule has 0 saturated carbocycles. The summed E-state index contributed by atoms with van der Waals surface area (Å²) in [6.45, 7) is 0.973. The summed E-state index contributed by atoms with van der Waals surface area (Å²) >= 11 is 0. The molecule has 0 bridgehead atoms. The molecule has 0 spiro atoms. The third kappa shape index (κ3) is 6.28. The fourth-order valence-corrected chi connectivity index (χ4v) is 1.38. The van der Waals surface area contributed by atoms with Crippen LogP contribution in [0.3, 0.4) is 0 Å². The highest BCUT2D eigenvalue weighted by Gasteiger charge is 2.00. The number of imidazole rings is 1. The average molecular weight is 277 g/mol. The van der Waals surface area contributed by atoms with Gasteiger partial charge < -0.3 is 22.1 Å². The van der Waals surface area contributed by atoms with Crippen molar-refractivity contribution in [2.75, 3.05) is 0 Å². The Kier molecular flexibility index (Phi) is 7.03. The molecule has 0 aliphatic carbocycles. The third-order valence-electron chi connectivity index (χ3n) is 2.13. The van der Waals surface area contributed by atoms with Gasteiger partial charge in [0.25, 0.3) is 0 Å². The van der Waals surface area contributed by atoms with Gasteiger partial charge >= 0.3 is 5.97 Å². The molecule has 1 aromatic rings. The molecular formula is C10H17BrN2O2. The van der Waals surface area contributed by atoms with E-state index in [1.54, 1.807) is 0 Å². The van der Waals surface area contributed by atoms with Crippen LogP contribution in [-0.4, -0.2) is 15.6 Å². The lowest BCUT2D eigenvalue weighted by atomic mass is 10.2. The van der Waals surface area contributed by atoms with E-state index in [9.17, 15) is 4.79 Å². The second-order valence-electron chi connectivity index (χ2n) is 3.52. The normalized spacial score (nSPS) is 9.67. The standard InChI is InChI=1S/C10H16N2O2.BrH/c1-11-7-8-12(9-11)6-4-2-3-5-10(13)14;/h7-9H,2-6H2,1H3;1H. The Labute approximate surface area is 100 Å². The number of nitrogens with zero attached hydrogens (tertiary/aromatic N) is 2. The second-order valence-corrected chi connectivity index (χ2v) is 3.52. The summed E-state index contributed by atoms with van der Waals surface area (Å²) in [6, 6.07) is 0. The molecule has 1 rings (SSSR count). The first kappa shape index (κ1) is 14.2. The first-order valence-corrected chi connectivity index (χ1v) is 4.91. The number of carboxylic acid groups (broad SMARTS) is 1. The molecule has 0 unspecified atom stereocenters. The quantitative estimate of drug-likeness (QED) is 0.481. The molecule has 86 valence electrons. The molecule has 4 nitrogen and oxygen atoms in total. The first-order valence-electron chi connectivity index (χ1n) is 4.91. The highest BCUT2D eigenvalue weighted by molar-refractivity contribution is 5.66. The van der Waals surface area contributed by atoms with Crippen LogP contribution in [0.25, 0.3) is 0 Å². The Bertz CT molecular complexity index is 299. The molecule has 0 radical (unpaired) electrons. The lowest BCUT2D eigenvalue weighted by Gasteiger charge is -1.96. The van der Waals surface area contributed by atoms with Crippen LogP contribution in [0, 0.1) is 0 Å². The van der Waals surface area contributed by atoms with Crippen LogP contribution in [0.2, 0.25) is 0 Å². The molecule has 1 aromatic heterocycles. The highest BCUT2D eigenvalue weighted by Crippen LogP contribution is 2.01. The number of rotatable bonds is 6. The van der Waals surface area contributed by atoms with Crippen molar-refractivity contribution in [3.05, 3.63) is 18.7 Å². The van der Waals surface area contributed by atoms with E-state index in [2.05, 4.69) is 4.57 Å². The summed E-state index contributed by atoms with van der Waals surface area (Å²) in [5, 5.41) is 8.42. The van der Waals surface area contributed by atoms with Gasteiger partial charge in [-0.3, -0.25) is 4.79 Å². The molecule has 0 aliphatic rings. The molecule has 15 heavy (non-hydrogen) atoms. The van der Waals surface area contributed by atoms with Gasteiger partial charge in [0.1, 0.15) is 12.4 Å². The van der Waals surface area contributed by atoms with Crippen molar-refractivity contribution in [3.63, 3.8) is 0 Å². The third-order valence-corrected chi connectivity index (χ3v) is 2.13. The van der Waals surface area contributed by atoms with Crippen LogP contribution < -0.4 is 21.5 Å². The fraction of sp³-hybridized carbons (Fsp3) is 0.600. The summed E-state index contributed by atoms with van der Waals surface area (Å²) in [5.41, 5.74) is 0. The van der Waals surface area contributed by atoms with Crippen molar-refractivity contribution in [1.82, 2.24) is 4.57 Å². The van der Waals surface area contributed by atoms with Gasteiger partial charge in [-0.2, -0.15) is 0 Å². The Hall–Kier alpha value is -0.840. The summed E-state index contributed by atoms with van der Waals surface area (Å²) < 4.78 is 4.11. The summed E-state index contributed by atoms with van der Waals surface area (Å²) in [7, 11) is 1.99. The monoisotopic (exact) mass is 276 g/mol. The van der Waals surface area contributed by atoms with Crippen molar-refractivity contribution >= 4 is 5.97 Å². The van der Waals surface area contributed by atoms with Gasteiger partial charge in [0.2, 0.25) is 6.33 Å². The van der Waals surface area contributed by atoms with E-state index in [0.717, 1.165) is 25.8 Å². The molecule has 0 aliphatic heterocycles. The van der Waals surface area contributed by atoms with Gasteiger partial charge in [0.15, 0.2) is 0 Å². The largest absolute Gasteiger partial charge is 1.00 e. The maximum absolute atomic E-state index is 10.2. The minimum absolute atomic E-state index is 0. The number of carboxylic acids is 1. The molecule has 0 saturated heterocycles. The first-order chi connectivity index (χ1) is 6.68. The lowest BCUT2D eigenvalue weighted by Crippen LogP contribution is -3.00. The van der Waals surface area contributed by atoms with E-state index in [0.29, 0.717) is 6.42 Å². The van der Waals surface area contributed by atoms with E-state index in [1.807, 2.05) is 30.3 Å². The molecule has 5 heteroatoms. The zero-order valence-corrected chi connectivity index (χ0v) is 10.5. The predicted molar refractivity (Wildman–Crippen MR) is 51.7 cm³/mol. The van der Waals surface area contributed by atoms with E-state index in [1.165, 1.54) is 0 Å². The molecule has 1 N–H and O–H groups in total. The van der Waals surface area contributed by atoms with Crippen LogP contribution in [0.4, 0.5) is 0 Å². The Morgan fingerprint density at radius 2 is 2.13 bits per heavy atom. The van der Waals surface area contributed by atoms with E-state index in [4.69, 9.17) is 5.11 Å². The van der Waals surface area contributed by atoms with Gasteiger partial charge in [-0.15, -0.1) is 0 Å². The number of hydrogen-bond acceptors (Lipinski definition) is 1. The number of aromatic nitrogens is 2. The summed E-state index contributed by atoms with van der Waals surface area (Å²) in [6.07, 6.45) is 9.14. The number of unbranched alkanes of at least 4 members (excludes halogenated alkanes) is 2. The number of hydrogen-bond donors (Lipinski definition) is 1. The summed E-state index contributed by atoms with van der Waals surface area (Å²) in [4.78, 5) is 10.2. The highest BCUT2D eigenvalue weighted by atomic mass is 79.9. The van der Waals surface area contributed by atoms with Crippen LogP contribution >= 0.6 is 0 Å². The predicted octanol–water partition coefficient (Wildman–Crippen LogP) is -2.04. The SMILES string of the molecule is C[n+]1ccn(CCCCCC(=O)O)c1.[Br-]. The van der Waals surface area contributed by atoms with Crippen LogP contribution in [-0.2, 0) is 18.4 Å². The molecular weight excluding hydrogens is 260 g/mol. The minimum Gasteiger partial charge on any atom is -1.00 e. The summed E-state index contributed by atoms with van der Waals surface area (Å²) in [5.74, 6) is -0.697. The molecule has 1 heterocycles. The molecule has 0 amide bonds. The maximum atomic E-state index is 10.2. The number of carbonyl (C=O) groups is 1. The molecule has 0 aromatic carbocycles. The van der Waals surface area contributed by atoms with Crippen molar-refractivity contribution < 1.29 is 31.4 Å². The van der Waals surface area contributed by atoms with Crippen LogP contribution in [0.5, 0.6) is 0 Å². The van der Waals surface area contributed by atoms with Crippen LogP contribution in [0.1, 0.15) is 25.7 Å². The average Bonchev–Trinajstić information content (AvgIpc) is 2.50. The zero-order chi connectivity index (χ0) is 10.4. The van der Waals surface area contributed by atoms with Crippen LogP contribution in [0.15, 0.2) is 18.7 Å². The maximum Gasteiger partial charge on any atom is 0.303 e. The van der Waals surface area contributed by atoms with E-state index < -0.39 is 5.97 Å². The van der Waals surface area contributed by atoms with Gasteiger partial charge in [-0.25, -0.2) is 9.13 Å². The number of aliphatic carboxylic acids is 1. The Balaban J connectivity index is 0.00000196. The number of halogens is 1. The van der Waals surface area contributed by atoms with Crippen molar-refractivity contribution in [3.8, 4) is 0 Å². The topological polar surface area (TPSA) is 46.1 Å². The van der Waals surface area contributed by atoms with Crippen molar-refractivity contribution in [2.45, 2.75) is 32.2 Å². The zero-order valence-electron chi connectivity index (χ0n) is 8.90. The minimum atomic E-state index is -0.697. The Morgan fingerprint density at radius 1 is 1.40 bits per heavy atom. The fourth-order valence-electron chi connectivity index (χ4n) is 1.38. The van der Waals surface area contributed by atoms with Gasteiger partial charge in [-0.1, -0.05) is 0 Å². The van der Waals surface area contributed by atoms with Gasteiger partial charge in [0.05, 0.1) is 13.6 Å². The second kappa shape index (κ2) is 7.45. The van der Waals surface area contributed by atoms with Crippen molar-refractivity contribution in [2.24, 2.45) is 7.05 Å². The lowest BCUT2D eigenvalue weighted by molar-refractivity contribution is -0.671. The van der Waals surface area contributed by atoms with E-state index in [-0.39, 0.29) is 17.0 Å².